The summed E-state index contributed by atoms with van der Waals surface area (Å²) >= 11 is 0. The second-order valence-corrected chi connectivity index (χ2v) is 10.3. The van der Waals surface area contributed by atoms with E-state index in [0.717, 1.165) is 23.7 Å². The predicted molar refractivity (Wildman–Crippen MR) is 102 cm³/mol. The molecule has 138 valence electrons. The zero-order valence-corrected chi connectivity index (χ0v) is 16.1. The highest BCUT2D eigenvalue weighted by atomic mass is 14.7. The molecule has 5 unspecified atom stereocenters. The van der Waals surface area contributed by atoms with Gasteiger partial charge in [-0.05, 0) is 98.7 Å². The van der Waals surface area contributed by atoms with Crippen LogP contribution in [0.5, 0.6) is 0 Å². The molecule has 0 aromatic carbocycles. The van der Waals surface area contributed by atoms with Gasteiger partial charge >= 0.3 is 0 Å². The summed E-state index contributed by atoms with van der Waals surface area (Å²) in [4.78, 5) is 0. The largest absolute Gasteiger partial charge is 0.328 e. The monoisotopic (exact) mass is 332 g/mol. The molecular formula is C22H40N2. The molecule has 4 N–H and O–H groups in total. The first kappa shape index (κ1) is 17.3. The Morgan fingerprint density at radius 2 is 1.46 bits per heavy atom. The van der Waals surface area contributed by atoms with E-state index < -0.39 is 0 Å². The Kier molecular flexibility index (Phi) is 4.53. The van der Waals surface area contributed by atoms with Crippen molar-refractivity contribution in [2.24, 2.45) is 46.0 Å². The minimum absolute atomic E-state index is 0.447. The van der Waals surface area contributed by atoms with Crippen molar-refractivity contribution in [1.29, 1.82) is 0 Å². The lowest BCUT2D eigenvalue weighted by Crippen LogP contribution is -2.50. The lowest BCUT2D eigenvalue weighted by Gasteiger charge is -2.56. The summed E-state index contributed by atoms with van der Waals surface area (Å²) < 4.78 is 0. The molecule has 4 rings (SSSR count). The van der Waals surface area contributed by atoms with Gasteiger partial charge in [0.05, 0.1) is 0 Å². The Labute approximate surface area is 149 Å². The summed E-state index contributed by atoms with van der Waals surface area (Å²) in [5.41, 5.74) is 14.2. The van der Waals surface area contributed by atoms with Gasteiger partial charge in [0, 0.05) is 12.1 Å². The van der Waals surface area contributed by atoms with Gasteiger partial charge in [-0.1, -0.05) is 26.7 Å². The zero-order valence-electron chi connectivity index (χ0n) is 16.1. The topological polar surface area (TPSA) is 52.0 Å². The lowest BCUT2D eigenvalue weighted by molar-refractivity contribution is -0.0768. The molecule has 0 aromatic heterocycles. The van der Waals surface area contributed by atoms with E-state index >= 15 is 0 Å². The van der Waals surface area contributed by atoms with Crippen LogP contribution < -0.4 is 11.5 Å². The number of rotatable bonds is 4. The first-order valence-corrected chi connectivity index (χ1v) is 11.0. The molecule has 5 atom stereocenters. The van der Waals surface area contributed by atoms with Gasteiger partial charge < -0.3 is 11.5 Å². The van der Waals surface area contributed by atoms with Crippen molar-refractivity contribution in [3.63, 3.8) is 0 Å². The molecule has 4 saturated carbocycles. The molecule has 0 radical (unpaired) electrons. The molecule has 0 bridgehead atoms. The van der Waals surface area contributed by atoms with Crippen molar-refractivity contribution in [1.82, 2.24) is 0 Å². The van der Waals surface area contributed by atoms with E-state index in [4.69, 9.17) is 11.5 Å². The van der Waals surface area contributed by atoms with Crippen LogP contribution in [0.1, 0.15) is 90.9 Å². The molecule has 4 aliphatic rings. The normalized spacial score (nSPS) is 45.9. The molecule has 0 saturated heterocycles. The summed E-state index contributed by atoms with van der Waals surface area (Å²) in [5, 5.41) is 0. The van der Waals surface area contributed by atoms with Crippen LogP contribution in [0.25, 0.3) is 0 Å². The highest BCUT2D eigenvalue weighted by molar-refractivity contribution is 5.13. The van der Waals surface area contributed by atoms with E-state index in [2.05, 4.69) is 13.8 Å². The third kappa shape index (κ3) is 2.58. The van der Waals surface area contributed by atoms with Crippen LogP contribution in [-0.2, 0) is 0 Å². The molecule has 4 aliphatic carbocycles. The van der Waals surface area contributed by atoms with E-state index in [1.54, 1.807) is 0 Å². The van der Waals surface area contributed by atoms with Gasteiger partial charge in [0.2, 0.25) is 0 Å². The van der Waals surface area contributed by atoms with Gasteiger partial charge in [-0.25, -0.2) is 0 Å². The van der Waals surface area contributed by atoms with Gasteiger partial charge in [-0.15, -0.1) is 0 Å². The number of nitrogens with two attached hydrogens (primary N) is 2. The average molecular weight is 333 g/mol. The van der Waals surface area contributed by atoms with E-state index in [9.17, 15) is 0 Å². The van der Waals surface area contributed by atoms with Crippen molar-refractivity contribution in [2.75, 3.05) is 0 Å². The fraction of sp³-hybridized carbons (Fsp3) is 1.00. The molecule has 0 heterocycles. The lowest BCUT2D eigenvalue weighted by atomic mass is 9.48. The first-order valence-electron chi connectivity index (χ1n) is 11.0. The van der Waals surface area contributed by atoms with E-state index in [1.165, 1.54) is 77.0 Å². The summed E-state index contributed by atoms with van der Waals surface area (Å²) in [7, 11) is 0. The second-order valence-electron chi connectivity index (χ2n) is 10.3. The van der Waals surface area contributed by atoms with Gasteiger partial charge in [0.1, 0.15) is 0 Å². The van der Waals surface area contributed by atoms with Gasteiger partial charge in [0.25, 0.3) is 0 Å². The van der Waals surface area contributed by atoms with Crippen molar-refractivity contribution >= 4 is 0 Å². The molecule has 2 heteroatoms. The molecule has 0 amide bonds. The molecule has 24 heavy (non-hydrogen) atoms. The van der Waals surface area contributed by atoms with Crippen LogP contribution in [0.3, 0.4) is 0 Å². The summed E-state index contributed by atoms with van der Waals surface area (Å²) in [6.45, 7) is 5.08. The zero-order chi connectivity index (χ0) is 16.9. The fourth-order valence-electron chi connectivity index (χ4n) is 7.58. The maximum absolute atomic E-state index is 6.63. The first-order chi connectivity index (χ1) is 11.5. The van der Waals surface area contributed by atoms with Gasteiger partial charge in [0.15, 0.2) is 0 Å². The Morgan fingerprint density at radius 3 is 1.96 bits per heavy atom. The van der Waals surface area contributed by atoms with Crippen LogP contribution in [0.4, 0.5) is 0 Å². The van der Waals surface area contributed by atoms with Crippen molar-refractivity contribution in [3.8, 4) is 0 Å². The standard InChI is InChI=1S/C22H40N2/c1-15(2)22(16-5-3-6-16)10-4-7-18(23)14-20(22)21(11-12-21)17-8-9-19(24)13-17/h15-20H,3-14,23-24H2,1-2H3. The third-order valence-corrected chi connectivity index (χ3v) is 9.12. The van der Waals surface area contributed by atoms with E-state index in [-0.39, 0.29) is 0 Å². The van der Waals surface area contributed by atoms with E-state index in [0.29, 0.717) is 22.9 Å². The highest BCUT2D eigenvalue weighted by Gasteiger charge is 2.64. The SMILES string of the molecule is CC(C)C1(C2CCC2)CCCC(N)CC1C1(C2CCC(N)C2)CC1. The predicted octanol–water partition coefficient (Wildman–Crippen LogP) is 4.85. The molecule has 0 spiro atoms. The summed E-state index contributed by atoms with van der Waals surface area (Å²) in [6, 6.07) is 0.923. The minimum Gasteiger partial charge on any atom is -0.328 e. The number of hydrogen-bond acceptors (Lipinski definition) is 2. The Balaban J connectivity index is 1.70. The van der Waals surface area contributed by atoms with Crippen molar-refractivity contribution in [2.45, 2.75) is 103 Å². The molecule has 0 aromatic rings. The molecule has 0 aliphatic heterocycles. The van der Waals surface area contributed by atoms with Gasteiger partial charge in [-0.3, -0.25) is 0 Å². The second kappa shape index (κ2) is 6.27. The minimum atomic E-state index is 0.447. The van der Waals surface area contributed by atoms with Crippen LogP contribution in [0.2, 0.25) is 0 Å². The van der Waals surface area contributed by atoms with Crippen LogP contribution in [0, 0.1) is 34.5 Å². The quantitative estimate of drug-likeness (QED) is 0.723. The molecular weight excluding hydrogens is 292 g/mol. The van der Waals surface area contributed by atoms with Crippen molar-refractivity contribution in [3.05, 3.63) is 0 Å². The molecule has 4 fully saturated rings. The summed E-state index contributed by atoms with van der Waals surface area (Å²) in [6.07, 6.45) is 16.7. The highest BCUT2D eigenvalue weighted by Crippen LogP contribution is 2.71. The maximum atomic E-state index is 6.63. The van der Waals surface area contributed by atoms with Gasteiger partial charge in [-0.2, -0.15) is 0 Å². The Hall–Kier alpha value is -0.0800. The van der Waals surface area contributed by atoms with Crippen LogP contribution in [-0.4, -0.2) is 12.1 Å². The Morgan fingerprint density at radius 1 is 0.750 bits per heavy atom. The van der Waals surface area contributed by atoms with Crippen LogP contribution in [0.15, 0.2) is 0 Å². The third-order valence-electron chi connectivity index (χ3n) is 9.12. The molecule has 2 nitrogen and oxygen atoms in total. The smallest absolute Gasteiger partial charge is 0.00418 e. The van der Waals surface area contributed by atoms with Crippen molar-refractivity contribution < 1.29 is 0 Å². The van der Waals surface area contributed by atoms with E-state index in [1.807, 2.05) is 0 Å². The van der Waals surface area contributed by atoms with Crippen LogP contribution >= 0.6 is 0 Å². The number of hydrogen-bond donors (Lipinski definition) is 2. The average Bonchev–Trinajstić information content (AvgIpc) is 3.19. The summed E-state index contributed by atoms with van der Waals surface area (Å²) in [5.74, 6) is 3.58. The maximum Gasteiger partial charge on any atom is 0.00418 e. The Bertz CT molecular complexity index is 451. The fourth-order valence-corrected chi connectivity index (χ4v) is 7.58.